The molecule has 3 aromatic rings. The Kier molecular flexibility index (Phi) is 7.49. The molecule has 0 saturated carbocycles. The molecule has 1 fully saturated rings. The van der Waals surface area contributed by atoms with Crippen LogP contribution >= 0.6 is 0 Å². The van der Waals surface area contributed by atoms with Crippen LogP contribution in [0.2, 0.25) is 0 Å². The molecule has 36 heavy (non-hydrogen) atoms. The van der Waals surface area contributed by atoms with Gasteiger partial charge in [0.2, 0.25) is 0 Å². The van der Waals surface area contributed by atoms with E-state index in [4.69, 9.17) is 4.74 Å². The van der Waals surface area contributed by atoms with Gasteiger partial charge in [0.05, 0.1) is 35.3 Å². The van der Waals surface area contributed by atoms with Crippen LogP contribution in [-0.4, -0.2) is 51.2 Å². The van der Waals surface area contributed by atoms with Crippen molar-refractivity contribution in [1.82, 2.24) is 15.6 Å². The number of nitrogens with zero attached hydrogens (tertiary/aromatic N) is 2. The topological polar surface area (TPSA) is 90.6 Å². The molecule has 1 aromatic heterocycles. The van der Waals surface area contributed by atoms with Gasteiger partial charge in [-0.1, -0.05) is 12.1 Å². The number of pyridine rings is 1. The molecule has 0 radical (unpaired) electrons. The van der Waals surface area contributed by atoms with Crippen LogP contribution < -0.4 is 30.9 Å². The van der Waals surface area contributed by atoms with Crippen molar-refractivity contribution in [3.63, 3.8) is 0 Å². The van der Waals surface area contributed by atoms with Crippen molar-refractivity contribution in [2.45, 2.75) is 6.18 Å². The lowest BCUT2D eigenvalue weighted by molar-refractivity contribution is -0.137. The van der Waals surface area contributed by atoms with Gasteiger partial charge < -0.3 is 30.9 Å². The number of piperazine rings is 1. The van der Waals surface area contributed by atoms with Gasteiger partial charge in [-0.3, -0.25) is 4.79 Å². The van der Waals surface area contributed by atoms with Crippen molar-refractivity contribution in [3.8, 4) is 5.75 Å². The molecule has 2 aromatic carbocycles. The van der Waals surface area contributed by atoms with E-state index < -0.39 is 17.6 Å². The summed E-state index contributed by atoms with van der Waals surface area (Å²) in [5, 5.41) is 11.6. The quantitative estimate of drug-likeness (QED) is 0.383. The number of hydrogen-bond donors (Lipinski definition) is 4. The number of amides is 1. The highest BCUT2D eigenvalue weighted by molar-refractivity contribution is 6.00. The highest BCUT2D eigenvalue weighted by Crippen LogP contribution is 2.38. The van der Waals surface area contributed by atoms with Crippen LogP contribution in [0.15, 0.2) is 54.7 Å². The zero-order chi connectivity index (χ0) is 25.7. The highest BCUT2D eigenvalue weighted by Gasteiger charge is 2.34. The summed E-state index contributed by atoms with van der Waals surface area (Å²) in [6.45, 7) is 3.50. The van der Waals surface area contributed by atoms with Gasteiger partial charge in [0, 0.05) is 57.2 Å². The highest BCUT2D eigenvalue weighted by atomic mass is 19.4. The fourth-order valence-electron chi connectivity index (χ4n) is 3.96. The minimum atomic E-state index is -4.65. The van der Waals surface area contributed by atoms with Gasteiger partial charge >= 0.3 is 6.18 Å². The number of benzene rings is 2. The summed E-state index contributed by atoms with van der Waals surface area (Å²) in [7, 11) is 2.99. The van der Waals surface area contributed by atoms with Gasteiger partial charge in [0.1, 0.15) is 11.6 Å². The molecule has 4 rings (SSSR count). The van der Waals surface area contributed by atoms with Crippen LogP contribution in [0.5, 0.6) is 5.75 Å². The van der Waals surface area contributed by atoms with Gasteiger partial charge in [-0.2, -0.15) is 13.2 Å². The molecule has 4 N–H and O–H groups in total. The number of carbonyl (C=O) groups excluding carboxylic acids is 1. The molecular formula is C25H27F3N6O2. The number of hydrogen-bond acceptors (Lipinski definition) is 7. The third kappa shape index (κ3) is 5.62. The van der Waals surface area contributed by atoms with Crippen LogP contribution in [0.3, 0.4) is 0 Å². The first-order valence-corrected chi connectivity index (χ1v) is 11.4. The van der Waals surface area contributed by atoms with Gasteiger partial charge in [0.25, 0.3) is 5.91 Å². The summed E-state index contributed by atoms with van der Waals surface area (Å²) in [5.74, 6) is 0.289. The van der Waals surface area contributed by atoms with Gasteiger partial charge in [-0.25, -0.2) is 4.98 Å². The van der Waals surface area contributed by atoms with Gasteiger partial charge in [-0.05, 0) is 24.3 Å². The average Bonchev–Trinajstić information content (AvgIpc) is 2.88. The average molecular weight is 501 g/mol. The number of para-hydroxylation sites is 1. The number of anilines is 5. The van der Waals surface area contributed by atoms with Crippen LogP contribution in [0.25, 0.3) is 0 Å². The van der Waals surface area contributed by atoms with Crippen molar-refractivity contribution in [1.29, 1.82) is 0 Å². The molecule has 1 aliphatic heterocycles. The molecule has 11 heteroatoms. The first-order chi connectivity index (χ1) is 17.3. The van der Waals surface area contributed by atoms with Crippen molar-refractivity contribution in [2.24, 2.45) is 0 Å². The smallest absolute Gasteiger partial charge is 0.419 e. The molecule has 2 heterocycles. The fourth-order valence-corrected chi connectivity index (χ4v) is 3.96. The number of carbonyl (C=O) groups is 1. The van der Waals surface area contributed by atoms with Crippen LogP contribution in [-0.2, 0) is 6.18 Å². The van der Waals surface area contributed by atoms with E-state index in [1.54, 1.807) is 12.1 Å². The van der Waals surface area contributed by atoms with E-state index in [2.05, 4.69) is 31.2 Å². The van der Waals surface area contributed by atoms with Crippen molar-refractivity contribution >= 4 is 34.5 Å². The lowest BCUT2D eigenvalue weighted by atomic mass is 10.1. The molecular weight excluding hydrogens is 473 g/mol. The number of methoxy groups -OCH3 is 1. The second-order valence-electron chi connectivity index (χ2n) is 8.11. The molecule has 1 aliphatic rings. The number of ether oxygens (including phenoxy) is 1. The number of halogens is 3. The van der Waals surface area contributed by atoms with E-state index >= 15 is 0 Å². The van der Waals surface area contributed by atoms with Gasteiger partial charge in [-0.15, -0.1) is 0 Å². The normalized spacial score (nSPS) is 13.8. The van der Waals surface area contributed by atoms with E-state index in [9.17, 15) is 18.0 Å². The van der Waals surface area contributed by atoms with Crippen LogP contribution in [0.4, 0.5) is 41.7 Å². The molecule has 190 valence electrons. The molecule has 0 spiro atoms. The maximum absolute atomic E-state index is 13.8. The zero-order valence-corrected chi connectivity index (χ0v) is 19.9. The Morgan fingerprint density at radius 3 is 2.47 bits per heavy atom. The van der Waals surface area contributed by atoms with E-state index in [1.165, 1.54) is 32.4 Å². The summed E-state index contributed by atoms with van der Waals surface area (Å²) < 4.78 is 46.8. The van der Waals surface area contributed by atoms with E-state index in [0.29, 0.717) is 11.4 Å². The Morgan fingerprint density at radius 1 is 1.03 bits per heavy atom. The largest absolute Gasteiger partial charge is 0.494 e. The van der Waals surface area contributed by atoms with Crippen LogP contribution in [0, 0.1) is 0 Å². The summed E-state index contributed by atoms with van der Waals surface area (Å²) >= 11 is 0. The Hall–Kier alpha value is -3.99. The monoisotopic (exact) mass is 500 g/mol. The molecule has 1 saturated heterocycles. The number of nitrogens with one attached hydrogen (secondary N) is 4. The molecule has 0 bridgehead atoms. The number of alkyl halides is 3. The summed E-state index contributed by atoms with van der Waals surface area (Å²) in [5.41, 5.74) is 0.795. The van der Waals surface area contributed by atoms with Crippen molar-refractivity contribution < 1.29 is 22.7 Å². The summed E-state index contributed by atoms with van der Waals surface area (Å²) in [6, 6.07) is 13.2. The van der Waals surface area contributed by atoms with E-state index in [0.717, 1.165) is 38.1 Å². The maximum Gasteiger partial charge on any atom is 0.419 e. The third-order valence-corrected chi connectivity index (χ3v) is 5.81. The Labute approximate surface area is 206 Å². The minimum Gasteiger partial charge on any atom is -0.494 e. The number of rotatable bonds is 7. The van der Waals surface area contributed by atoms with Gasteiger partial charge in [0.15, 0.2) is 0 Å². The lowest BCUT2D eigenvalue weighted by Crippen LogP contribution is -2.43. The molecule has 0 aliphatic carbocycles. The second-order valence-corrected chi connectivity index (χ2v) is 8.11. The SMILES string of the molecule is CNC(=O)c1ccccc1Nc1cc(Nc2ccc(N3CCNCC3)cc2OC)ncc1C(F)(F)F. The van der Waals surface area contributed by atoms with E-state index in [1.807, 2.05) is 18.2 Å². The molecule has 0 atom stereocenters. The van der Waals surface area contributed by atoms with Crippen LogP contribution in [0.1, 0.15) is 15.9 Å². The zero-order valence-electron chi connectivity index (χ0n) is 19.9. The molecule has 1 amide bonds. The first kappa shape index (κ1) is 25.1. The predicted octanol–water partition coefficient (Wildman–Crippen LogP) is 4.37. The molecule has 0 unspecified atom stereocenters. The third-order valence-electron chi connectivity index (χ3n) is 5.81. The first-order valence-electron chi connectivity index (χ1n) is 11.4. The van der Waals surface area contributed by atoms with Crippen molar-refractivity contribution in [3.05, 3.63) is 65.9 Å². The Morgan fingerprint density at radius 2 is 1.78 bits per heavy atom. The van der Waals surface area contributed by atoms with E-state index in [-0.39, 0.29) is 22.8 Å². The Balaban J connectivity index is 1.66. The molecule has 8 nitrogen and oxygen atoms in total. The second kappa shape index (κ2) is 10.7. The Bertz CT molecular complexity index is 1230. The summed E-state index contributed by atoms with van der Waals surface area (Å²) in [6.07, 6.45) is -3.90. The minimum absolute atomic E-state index is 0.177. The summed E-state index contributed by atoms with van der Waals surface area (Å²) in [4.78, 5) is 18.4. The maximum atomic E-state index is 13.8. The van der Waals surface area contributed by atoms with Crippen molar-refractivity contribution in [2.75, 3.05) is 55.9 Å². The predicted molar refractivity (Wildman–Crippen MR) is 134 cm³/mol. The fraction of sp³-hybridized carbons (Fsp3) is 0.280. The number of aromatic nitrogens is 1. The standard InChI is InChI=1S/C25H27F3N6O2/c1-29-24(35)17-5-3-4-6-19(17)32-21-14-23(31-15-18(21)25(26,27)28)33-20-8-7-16(13-22(20)36-2)34-11-9-30-10-12-34/h3-8,13-15,30H,9-12H2,1-2H3,(H,29,35)(H2,31,32,33). The lowest BCUT2D eigenvalue weighted by Gasteiger charge is -2.30.